The van der Waals surface area contributed by atoms with Gasteiger partial charge in [0.05, 0.1) is 5.52 Å². The Labute approximate surface area is 197 Å². The molecule has 6 aromatic rings. The maximum Gasteiger partial charge on any atom is 0.164 e. The highest BCUT2D eigenvalue weighted by Gasteiger charge is 2.12. The SMILES string of the molecule is c1ccc(-c2nc(-c3ccccc3)nc(-c3ccc(-c4cnc5ccccc5c4)cc3)n2)cc#1. The van der Waals surface area contributed by atoms with Gasteiger partial charge >= 0.3 is 0 Å². The maximum absolute atomic E-state index is 4.79. The Balaban J connectivity index is 1.42. The van der Waals surface area contributed by atoms with Gasteiger partial charge in [-0.15, -0.1) is 0 Å². The minimum absolute atomic E-state index is 0.608. The van der Waals surface area contributed by atoms with Gasteiger partial charge in [0.25, 0.3) is 0 Å². The Morgan fingerprint density at radius 1 is 0.500 bits per heavy atom. The average Bonchev–Trinajstić information content (AvgIpc) is 2.93. The fourth-order valence-electron chi connectivity index (χ4n) is 3.88. The van der Waals surface area contributed by atoms with Gasteiger partial charge in [-0.1, -0.05) is 84.9 Å². The van der Waals surface area contributed by atoms with Crippen molar-refractivity contribution < 1.29 is 0 Å². The third kappa shape index (κ3) is 3.87. The van der Waals surface area contributed by atoms with Gasteiger partial charge in [0.15, 0.2) is 17.5 Å². The first-order valence-electron chi connectivity index (χ1n) is 11.0. The van der Waals surface area contributed by atoms with Gasteiger partial charge in [-0.3, -0.25) is 4.98 Å². The lowest BCUT2D eigenvalue weighted by atomic mass is 10.0. The van der Waals surface area contributed by atoms with Crippen LogP contribution in [0.3, 0.4) is 0 Å². The molecule has 0 aliphatic rings. The summed E-state index contributed by atoms with van der Waals surface area (Å²) in [4.78, 5) is 18.9. The molecular weight excluding hydrogens is 416 g/mol. The molecular formula is C30H18N4. The molecule has 0 aliphatic heterocycles. The molecule has 0 unspecified atom stereocenters. The van der Waals surface area contributed by atoms with Crippen molar-refractivity contribution in [3.63, 3.8) is 0 Å². The molecule has 0 bridgehead atoms. The molecule has 0 fully saturated rings. The van der Waals surface area contributed by atoms with Crippen molar-refractivity contribution in [1.29, 1.82) is 0 Å². The highest BCUT2D eigenvalue weighted by Crippen LogP contribution is 2.27. The number of rotatable bonds is 4. The van der Waals surface area contributed by atoms with Crippen LogP contribution in [0.4, 0.5) is 0 Å². The van der Waals surface area contributed by atoms with Gasteiger partial charge in [0.1, 0.15) is 0 Å². The third-order valence-electron chi connectivity index (χ3n) is 5.65. The lowest BCUT2D eigenvalue weighted by Crippen LogP contribution is -2.00. The summed E-state index contributed by atoms with van der Waals surface area (Å²) in [5.41, 5.74) is 5.89. The highest BCUT2D eigenvalue weighted by molar-refractivity contribution is 5.83. The van der Waals surface area contributed by atoms with Crippen LogP contribution in [0.5, 0.6) is 0 Å². The van der Waals surface area contributed by atoms with Crippen molar-refractivity contribution in [2.24, 2.45) is 0 Å². The lowest BCUT2D eigenvalue weighted by molar-refractivity contribution is 1.07. The van der Waals surface area contributed by atoms with Crippen molar-refractivity contribution in [3.8, 4) is 45.3 Å². The predicted molar refractivity (Wildman–Crippen MR) is 135 cm³/mol. The van der Waals surface area contributed by atoms with Crippen LogP contribution in [0.25, 0.3) is 56.2 Å². The highest BCUT2D eigenvalue weighted by atomic mass is 15.0. The number of fused-ring (bicyclic) bond motifs is 1. The molecule has 0 aliphatic carbocycles. The van der Waals surface area contributed by atoms with Crippen LogP contribution in [0.2, 0.25) is 0 Å². The van der Waals surface area contributed by atoms with Gasteiger partial charge in [-0.2, -0.15) is 0 Å². The number of hydrogen-bond acceptors (Lipinski definition) is 4. The Kier molecular flexibility index (Phi) is 4.99. The smallest absolute Gasteiger partial charge is 0.164 e. The Morgan fingerprint density at radius 2 is 1.15 bits per heavy atom. The first kappa shape index (κ1) is 19.8. The Hall–Kier alpha value is -4.88. The Bertz CT molecular complexity index is 1520. The van der Waals surface area contributed by atoms with E-state index in [2.05, 4.69) is 41.4 Å². The topological polar surface area (TPSA) is 51.6 Å². The number of nitrogens with zero attached hydrogens (tertiary/aromatic N) is 4. The zero-order valence-corrected chi connectivity index (χ0v) is 18.2. The van der Waals surface area contributed by atoms with Gasteiger partial charge in [0.2, 0.25) is 0 Å². The van der Waals surface area contributed by atoms with E-state index in [0.717, 1.165) is 38.7 Å². The maximum atomic E-state index is 4.79. The number of hydrogen-bond donors (Lipinski definition) is 0. The monoisotopic (exact) mass is 434 g/mol. The summed E-state index contributed by atoms with van der Waals surface area (Å²) in [7, 11) is 0. The summed E-state index contributed by atoms with van der Waals surface area (Å²) >= 11 is 0. The molecule has 0 saturated heterocycles. The molecule has 0 saturated carbocycles. The molecule has 2 aromatic heterocycles. The molecule has 6 rings (SSSR count). The van der Waals surface area contributed by atoms with Crippen molar-refractivity contribution in [3.05, 3.63) is 121 Å². The van der Waals surface area contributed by atoms with Crippen LogP contribution < -0.4 is 0 Å². The molecule has 0 atom stereocenters. The minimum atomic E-state index is 0.608. The zero-order valence-electron chi connectivity index (χ0n) is 18.2. The van der Waals surface area contributed by atoms with Gasteiger partial charge in [-0.25, -0.2) is 15.0 Å². The molecule has 34 heavy (non-hydrogen) atoms. The van der Waals surface area contributed by atoms with Gasteiger partial charge in [-0.05, 0) is 35.9 Å². The summed E-state index contributed by atoms with van der Waals surface area (Å²) in [6, 6.07) is 40.0. The fourth-order valence-corrected chi connectivity index (χ4v) is 3.88. The van der Waals surface area contributed by atoms with Gasteiger partial charge in [0, 0.05) is 33.8 Å². The predicted octanol–water partition coefficient (Wildman–Crippen LogP) is 6.69. The molecule has 4 nitrogen and oxygen atoms in total. The van der Waals surface area contributed by atoms with Crippen molar-refractivity contribution in [1.82, 2.24) is 19.9 Å². The molecule has 4 aromatic carbocycles. The van der Waals surface area contributed by atoms with E-state index < -0.39 is 0 Å². The van der Waals surface area contributed by atoms with Gasteiger partial charge < -0.3 is 0 Å². The second kappa shape index (κ2) is 8.57. The lowest BCUT2D eigenvalue weighted by Gasteiger charge is -2.09. The largest absolute Gasteiger partial charge is 0.256 e. The van der Waals surface area contributed by atoms with Crippen LogP contribution >= 0.6 is 0 Å². The molecule has 0 N–H and O–H groups in total. The van der Waals surface area contributed by atoms with Crippen LogP contribution in [0.1, 0.15) is 0 Å². The third-order valence-corrected chi connectivity index (χ3v) is 5.65. The standard InChI is InChI=1S/C30H18N4/c1-3-9-22(10-4-1)28-32-29(23-11-5-2-6-12-23)34-30(33-28)24-17-15-21(16-18-24)26-19-25-13-7-8-14-27(25)31-20-26/h1,3-5,7-20H. The Morgan fingerprint density at radius 3 is 1.88 bits per heavy atom. The van der Waals surface area contributed by atoms with Crippen LogP contribution in [0, 0.1) is 12.1 Å². The number of aromatic nitrogens is 4. The second-order valence-corrected chi connectivity index (χ2v) is 7.89. The number of para-hydroxylation sites is 1. The molecule has 0 amide bonds. The molecule has 0 spiro atoms. The summed E-state index contributed by atoms with van der Waals surface area (Å²) in [6.45, 7) is 0. The molecule has 4 heteroatoms. The van der Waals surface area contributed by atoms with E-state index in [9.17, 15) is 0 Å². The van der Waals surface area contributed by atoms with E-state index in [0.29, 0.717) is 17.5 Å². The molecule has 0 radical (unpaired) electrons. The average molecular weight is 435 g/mol. The first-order chi connectivity index (χ1) is 16.8. The summed E-state index contributed by atoms with van der Waals surface area (Å²) in [5.74, 6) is 1.87. The fraction of sp³-hybridized carbons (Fsp3) is 0. The van der Waals surface area contributed by atoms with Crippen LogP contribution in [-0.2, 0) is 0 Å². The minimum Gasteiger partial charge on any atom is -0.256 e. The van der Waals surface area contributed by atoms with E-state index in [1.54, 1.807) is 0 Å². The van der Waals surface area contributed by atoms with Crippen molar-refractivity contribution in [2.75, 3.05) is 0 Å². The van der Waals surface area contributed by atoms with Crippen LogP contribution in [0.15, 0.2) is 109 Å². The van der Waals surface area contributed by atoms with Crippen LogP contribution in [-0.4, -0.2) is 19.9 Å². The molecule has 2 heterocycles. The summed E-state index contributed by atoms with van der Waals surface area (Å²) in [5, 5.41) is 1.12. The number of benzene rings is 3. The molecule has 158 valence electrons. The van der Waals surface area contributed by atoms with E-state index in [4.69, 9.17) is 15.0 Å². The van der Waals surface area contributed by atoms with E-state index in [1.807, 2.05) is 85.1 Å². The first-order valence-corrected chi connectivity index (χ1v) is 11.0. The van der Waals surface area contributed by atoms with E-state index >= 15 is 0 Å². The second-order valence-electron chi connectivity index (χ2n) is 7.89. The quantitative estimate of drug-likeness (QED) is 0.310. The van der Waals surface area contributed by atoms with Crippen molar-refractivity contribution in [2.45, 2.75) is 0 Å². The van der Waals surface area contributed by atoms with E-state index in [1.165, 1.54) is 0 Å². The summed E-state index contributed by atoms with van der Waals surface area (Å²) in [6.07, 6.45) is 1.91. The normalized spacial score (nSPS) is 10.7. The van der Waals surface area contributed by atoms with E-state index in [-0.39, 0.29) is 0 Å². The van der Waals surface area contributed by atoms with Crippen molar-refractivity contribution >= 4 is 10.9 Å². The summed E-state index contributed by atoms with van der Waals surface area (Å²) < 4.78 is 0. The zero-order chi connectivity index (χ0) is 22.7. The number of pyridine rings is 1.